The van der Waals surface area contributed by atoms with E-state index < -0.39 is 0 Å². The number of rotatable bonds is 4. The van der Waals surface area contributed by atoms with E-state index >= 15 is 0 Å². The van der Waals surface area contributed by atoms with Crippen LogP contribution in [0.15, 0.2) is 0 Å². The van der Waals surface area contributed by atoms with Gasteiger partial charge < -0.3 is 9.84 Å². The van der Waals surface area contributed by atoms with E-state index in [0.717, 1.165) is 32.2 Å². The van der Waals surface area contributed by atoms with E-state index in [9.17, 15) is 5.11 Å². The van der Waals surface area contributed by atoms with Crippen molar-refractivity contribution >= 4 is 0 Å². The van der Waals surface area contributed by atoms with Crippen LogP contribution in [0.2, 0.25) is 0 Å². The van der Waals surface area contributed by atoms with Crippen LogP contribution in [-0.4, -0.2) is 49.0 Å². The maximum atomic E-state index is 9.72. The lowest BCUT2D eigenvalue weighted by molar-refractivity contribution is -0.0944. The molecule has 1 N–H and O–H groups in total. The van der Waals surface area contributed by atoms with Gasteiger partial charge in [0.1, 0.15) is 0 Å². The monoisotopic (exact) mass is 241 g/mol. The number of hydrogen-bond acceptors (Lipinski definition) is 3. The highest BCUT2D eigenvalue weighted by atomic mass is 16.5. The van der Waals surface area contributed by atoms with E-state index in [1.165, 1.54) is 19.4 Å². The number of aliphatic hydroxyl groups excluding tert-OH is 1. The van der Waals surface area contributed by atoms with Crippen LogP contribution in [-0.2, 0) is 4.74 Å². The summed E-state index contributed by atoms with van der Waals surface area (Å²) in [6.07, 6.45) is 2.33. The fourth-order valence-electron chi connectivity index (χ4n) is 3.53. The average molecular weight is 241 g/mol. The Hall–Kier alpha value is -0.120. The molecule has 1 aliphatic carbocycles. The molecule has 1 heterocycles. The third-order valence-corrected chi connectivity index (χ3v) is 5.03. The van der Waals surface area contributed by atoms with Gasteiger partial charge in [-0.25, -0.2) is 0 Å². The highest BCUT2D eigenvalue weighted by Crippen LogP contribution is 2.54. The molecular formula is C14H27NO2. The summed E-state index contributed by atoms with van der Waals surface area (Å²) < 4.78 is 5.36. The molecule has 3 nitrogen and oxygen atoms in total. The van der Waals surface area contributed by atoms with Crippen molar-refractivity contribution in [2.24, 2.45) is 17.3 Å². The summed E-state index contributed by atoms with van der Waals surface area (Å²) in [5.74, 6) is 1.28. The Morgan fingerprint density at radius 1 is 1.35 bits per heavy atom. The third kappa shape index (κ3) is 2.83. The average Bonchev–Trinajstić information content (AvgIpc) is 2.28. The topological polar surface area (TPSA) is 32.7 Å². The molecule has 3 unspecified atom stereocenters. The number of morpholine rings is 1. The van der Waals surface area contributed by atoms with Crippen molar-refractivity contribution in [1.82, 2.24) is 4.90 Å². The van der Waals surface area contributed by atoms with Gasteiger partial charge in [0.25, 0.3) is 0 Å². The summed E-state index contributed by atoms with van der Waals surface area (Å²) in [5, 5.41) is 9.72. The second-order valence-corrected chi connectivity index (χ2v) is 6.34. The smallest absolute Gasteiger partial charge is 0.0594 e. The van der Waals surface area contributed by atoms with E-state index in [0.29, 0.717) is 11.3 Å². The zero-order valence-electron chi connectivity index (χ0n) is 11.5. The summed E-state index contributed by atoms with van der Waals surface area (Å²) in [5.41, 5.74) is 0.320. The first-order valence-electron chi connectivity index (χ1n) is 7.00. The Morgan fingerprint density at radius 2 is 2.00 bits per heavy atom. The maximum absolute atomic E-state index is 9.72. The summed E-state index contributed by atoms with van der Waals surface area (Å²) in [6.45, 7) is 11.7. The summed E-state index contributed by atoms with van der Waals surface area (Å²) in [6, 6.07) is 0. The van der Waals surface area contributed by atoms with Crippen molar-refractivity contribution in [2.45, 2.75) is 39.7 Å². The third-order valence-electron chi connectivity index (χ3n) is 5.03. The molecule has 0 aromatic carbocycles. The second kappa shape index (κ2) is 5.25. The number of nitrogens with zero attached hydrogens (tertiary/aromatic N) is 1. The van der Waals surface area contributed by atoms with Crippen molar-refractivity contribution in [2.75, 3.05) is 32.8 Å². The van der Waals surface area contributed by atoms with Crippen molar-refractivity contribution < 1.29 is 9.84 Å². The van der Waals surface area contributed by atoms with Gasteiger partial charge in [-0.15, -0.1) is 0 Å². The quantitative estimate of drug-likeness (QED) is 0.814. The maximum Gasteiger partial charge on any atom is 0.0594 e. The van der Waals surface area contributed by atoms with E-state index in [1.807, 2.05) is 6.92 Å². The molecule has 3 atom stereocenters. The van der Waals surface area contributed by atoms with Gasteiger partial charge in [-0.1, -0.05) is 13.8 Å². The minimum Gasteiger partial charge on any atom is -0.393 e. The van der Waals surface area contributed by atoms with Crippen LogP contribution in [0, 0.1) is 17.3 Å². The summed E-state index contributed by atoms with van der Waals surface area (Å²) in [7, 11) is 0. The van der Waals surface area contributed by atoms with Crippen molar-refractivity contribution in [3.8, 4) is 0 Å². The van der Waals surface area contributed by atoms with Gasteiger partial charge in [0.15, 0.2) is 0 Å². The lowest BCUT2D eigenvalue weighted by Crippen LogP contribution is -2.51. The molecule has 0 amide bonds. The molecule has 3 heteroatoms. The Morgan fingerprint density at radius 3 is 2.53 bits per heavy atom. The second-order valence-electron chi connectivity index (χ2n) is 6.34. The van der Waals surface area contributed by atoms with Crippen molar-refractivity contribution in [3.05, 3.63) is 0 Å². The molecule has 2 aliphatic rings. The molecule has 0 radical (unpaired) electrons. The molecule has 0 spiro atoms. The van der Waals surface area contributed by atoms with Gasteiger partial charge >= 0.3 is 0 Å². The zero-order valence-corrected chi connectivity index (χ0v) is 11.5. The van der Waals surface area contributed by atoms with Gasteiger partial charge in [-0.2, -0.15) is 0 Å². The fourth-order valence-corrected chi connectivity index (χ4v) is 3.53. The van der Waals surface area contributed by atoms with Gasteiger partial charge in [-0.3, -0.25) is 4.90 Å². The Bertz CT molecular complexity index is 247. The minimum atomic E-state index is -0.148. The summed E-state index contributed by atoms with van der Waals surface area (Å²) in [4.78, 5) is 2.51. The number of ether oxygens (including phenoxy) is 1. The van der Waals surface area contributed by atoms with E-state index in [4.69, 9.17) is 4.74 Å². The Kier molecular flexibility index (Phi) is 4.11. The Labute approximate surface area is 105 Å². The van der Waals surface area contributed by atoms with Gasteiger partial charge in [0, 0.05) is 13.1 Å². The molecule has 0 bridgehead atoms. The first-order chi connectivity index (χ1) is 8.01. The molecule has 0 aromatic heterocycles. The Balaban J connectivity index is 1.74. The number of hydrogen-bond donors (Lipinski definition) is 1. The van der Waals surface area contributed by atoms with Crippen LogP contribution in [0.3, 0.4) is 0 Å². The predicted molar refractivity (Wildman–Crippen MR) is 68.9 cm³/mol. The van der Waals surface area contributed by atoms with Gasteiger partial charge in [0.05, 0.1) is 19.3 Å². The highest BCUT2D eigenvalue weighted by Gasteiger charge is 2.49. The van der Waals surface area contributed by atoms with Crippen molar-refractivity contribution in [1.29, 1.82) is 0 Å². The van der Waals surface area contributed by atoms with Gasteiger partial charge in [0.2, 0.25) is 0 Å². The molecule has 2 fully saturated rings. The van der Waals surface area contributed by atoms with Crippen LogP contribution in [0.1, 0.15) is 33.6 Å². The van der Waals surface area contributed by atoms with Crippen LogP contribution in [0.4, 0.5) is 0 Å². The number of aliphatic hydroxyl groups is 1. The minimum absolute atomic E-state index is 0.148. The molecule has 1 saturated carbocycles. The molecule has 1 aliphatic heterocycles. The molecule has 100 valence electrons. The first kappa shape index (κ1) is 13.3. The lowest BCUT2D eigenvalue weighted by Gasteiger charge is -2.54. The highest BCUT2D eigenvalue weighted by molar-refractivity contribution is 4.98. The largest absolute Gasteiger partial charge is 0.393 e. The molecule has 2 rings (SSSR count). The lowest BCUT2D eigenvalue weighted by atomic mass is 9.52. The van der Waals surface area contributed by atoms with E-state index in [1.54, 1.807) is 0 Å². The van der Waals surface area contributed by atoms with Crippen LogP contribution >= 0.6 is 0 Å². The van der Waals surface area contributed by atoms with Crippen LogP contribution in [0.5, 0.6) is 0 Å². The van der Waals surface area contributed by atoms with Crippen LogP contribution < -0.4 is 0 Å². The first-order valence-corrected chi connectivity index (χ1v) is 7.00. The molecule has 17 heavy (non-hydrogen) atoms. The normalized spacial score (nSPS) is 35.3. The summed E-state index contributed by atoms with van der Waals surface area (Å²) >= 11 is 0. The fraction of sp³-hybridized carbons (Fsp3) is 1.00. The van der Waals surface area contributed by atoms with Crippen molar-refractivity contribution in [3.63, 3.8) is 0 Å². The standard InChI is InChI=1S/C14H27NO2/c1-11(16)13-10-12(14(13,2)3)4-5-15-6-8-17-9-7-15/h11-13,16H,4-10H2,1-3H3. The van der Waals surface area contributed by atoms with E-state index in [-0.39, 0.29) is 6.10 Å². The molecule has 1 saturated heterocycles. The zero-order chi connectivity index (χ0) is 12.5. The van der Waals surface area contributed by atoms with Crippen LogP contribution in [0.25, 0.3) is 0 Å². The van der Waals surface area contributed by atoms with Gasteiger partial charge in [-0.05, 0) is 43.6 Å². The predicted octanol–water partition coefficient (Wildman–Crippen LogP) is 1.75. The SMILES string of the molecule is CC(O)C1CC(CCN2CCOCC2)C1(C)C. The van der Waals surface area contributed by atoms with E-state index in [2.05, 4.69) is 18.7 Å². The molecule has 0 aromatic rings. The molecular weight excluding hydrogens is 214 g/mol.